The van der Waals surface area contributed by atoms with Gasteiger partial charge in [-0.3, -0.25) is 9.69 Å². The minimum absolute atomic E-state index is 0.00609. The van der Waals surface area contributed by atoms with E-state index in [1.807, 2.05) is 0 Å². The van der Waals surface area contributed by atoms with E-state index in [1.165, 1.54) is 18.3 Å². The van der Waals surface area contributed by atoms with Crippen LogP contribution in [-0.4, -0.2) is 44.5 Å². The zero-order valence-electron chi connectivity index (χ0n) is 15.2. The van der Waals surface area contributed by atoms with Crippen LogP contribution in [0.4, 0.5) is 4.39 Å². The van der Waals surface area contributed by atoms with Crippen LogP contribution < -0.4 is 0 Å². The molecule has 0 bridgehead atoms. The van der Waals surface area contributed by atoms with Gasteiger partial charge in [0.15, 0.2) is 5.82 Å². The third kappa shape index (κ3) is 4.93. The molecule has 0 spiro atoms. The average Bonchev–Trinajstić information content (AvgIpc) is 3.13. The van der Waals surface area contributed by atoms with Gasteiger partial charge in [0.1, 0.15) is 17.4 Å². The monoisotopic (exact) mass is 382 g/mol. The third-order valence-corrected chi connectivity index (χ3v) is 5.44. The van der Waals surface area contributed by atoms with E-state index >= 15 is 0 Å². The Kier molecular flexibility index (Phi) is 6.10. The highest BCUT2D eigenvalue weighted by Gasteiger charge is 2.28. The molecule has 3 heterocycles. The Morgan fingerprint density at radius 2 is 2.27 bits per heavy atom. The van der Waals surface area contributed by atoms with Gasteiger partial charge in [0, 0.05) is 26.1 Å². The molecule has 0 aromatic carbocycles. The maximum atomic E-state index is 14.0. The topological polar surface area (TPSA) is 81.4 Å². The van der Waals surface area contributed by atoms with Crippen molar-refractivity contribution < 1.29 is 18.4 Å². The molecule has 0 saturated carbocycles. The summed E-state index contributed by atoms with van der Waals surface area (Å²) in [7, 11) is 0. The van der Waals surface area contributed by atoms with Crippen molar-refractivity contribution in [3.8, 4) is 0 Å². The SMILES string of the molecule is CC(=O)Cc1nc(F)c(CN2CC[C@H](OCc3noc(C)n3)C[C@@H]2C)s1. The number of rotatable bonds is 7. The fraction of sp³-hybridized carbons (Fsp3) is 0.647. The fourth-order valence-corrected chi connectivity index (χ4v) is 4.15. The van der Waals surface area contributed by atoms with Crippen LogP contribution in [0.5, 0.6) is 0 Å². The van der Waals surface area contributed by atoms with Crippen LogP contribution in [0, 0.1) is 12.9 Å². The Morgan fingerprint density at radius 1 is 1.46 bits per heavy atom. The number of carbonyl (C=O) groups excluding carboxylic acids is 1. The van der Waals surface area contributed by atoms with Crippen LogP contribution in [0.1, 0.15) is 48.3 Å². The van der Waals surface area contributed by atoms with Crippen LogP contribution in [0.25, 0.3) is 0 Å². The molecule has 1 saturated heterocycles. The number of aryl methyl sites for hydroxylation is 1. The second-order valence-corrected chi connectivity index (χ2v) is 7.88. The molecule has 1 aliphatic rings. The average molecular weight is 382 g/mol. The normalized spacial score (nSPS) is 21.2. The van der Waals surface area contributed by atoms with Crippen molar-refractivity contribution in [3.63, 3.8) is 0 Å². The van der Waals surface area contributed by atoms with Gasteiger partial charge in [0.2, 0.25) is 11.8 Å². The van der Waals surface area contributed by atoms with E-state index in [-0.39, 0.29) is 24.3 Å². The van der Waals surface area contributed by atoms with Crippen LogP contribution in [0.2, 0.25) is 0 Å². The Morgan fingerprint density at radius 3 is 2.92 bits per heavy atom. The van der Waals surface area contributed by atoms with Crippen LogP contribution in [-0.2, 0) is 29.1 Å². The number of hydrogen-bond acceptors (Lipinski definition) is 8. The molecule has 1 aliphatic heterocycles. The van der Waals surface area contributed by atoms with Crippen LogP contribution in [0.3, 0.4) is 0 Å². The van der Waals surface area contributed by atoms with E-state index in [2.05, 4.69) is 26.9 Å². The summed E-state index contributed by atoms with van der Waals surface area (Å²) in [5.74, 6) is 0.627. The molecule has 0 N–H and O–H groups in total. The molecule has 7 nitrogen and oxygen atoms in total. The number of ether oxygens (including phenoxy) is 1. The molecule has 2 atom stereocenters. The lowest BCUT2D eigenvalue weighted by atomic mass is 10.0. The van der Waals surface area contributed by atoms with Gasteiger partial charge < -0.3 is 9.26 Å². The summed E-state index contributed by atoms with van der Waals surface area (Å²) in [4.78, 5) is 22.0. The lowest BCUT2D eigenvalue weighted by Gasteiger charge is -2.37. The van der Waals surface area contributed by atoms with E-state index in [0.29, 0.717) is 34.8 Å². The van der Waals surface area contributed by atoms with E-state index in [4.69, 9.17) is 9.26 Å². The highest BCUT2D eigenvalue weighted by atomic mass is 32.1. The minimum Gasteiger partial charge on any atom is -0.370 e. The first-order chi connectivity index (χ1) is 12.4. The number of ketones is 1. The standard InChI is InChI=1S/C17H23FN4O3S/c1-10-6-13(24-9-15-19-12(3)25-21-15)4-5-22(10)8-14-17(18)20-16(26-14)7-11(2)23/h10,13H,4-9H2,1-3H3/t10-,13-/m0/s1. The van der Waals surface area contributed by atoms with Crippen molar-refractivity contribution in [2.45, 2.75) is 65.3 Å². The fourth-order valence-electron chi connectivity index (χ4n) is 3.11. The number of thiazole rings is 1. The van der Waals surface area contributed by atoms with Crippen molar-refractivity contribution in [1.29, 1.82) is 0 Å². The largest absolute Gasteiger partial charge is 0.370 e. The lowest BCUT2D eigenvalue weighted by Crippen LogP contribution is -2.42. The quantitative estimate of drug-likeness (QED) is 0.728. The van der Waals surface area contributed by atoms with Crippen molar-refractivity contribution in [2.24, 2.45) is 0 Å². The number of piperidine rings is 1. The summed E-state index contributed by atoms with van der Waals surface area (Å²) in [5, 5.41) is 4.38. The van der Waals surface area contributed by atoms with Crippen molar-refractivity contribution in [3.05, 3.63) is 27.5 Å². The third-order valence-electron chi connectivity index (χ3n) is 4.42. The minimum atomic E-state index is -0.454. The molecule has 142 valence electrons. The molecular formula is C17H23FN4O3S. The molecule has 0 amide bonds. The molecule has 2 aromatic heterocycles. The van der Waals surface area contributed by atoms with E-state index in [9.17, 15) is 9.18 Å². The van der Waals surface area contributed by atoms with Crippen molar-refractivity contribution in [1.82, 2.24) is 20.0 Å². The molecule has 0 unspecified atom stereocenters. The molecule has 26 heavy (non-hydrogen) atoms. The van der Waals surface area contributed by atoms with Gasteiger partial charge in [0.05, 0.1) is 17.4 Å². The summed E-state index contributed by atoms with van der Waals surface area (Å²) >= 11 is 1.29. The Hall–Kier alpha value is -1.71. The molecule has 0 aliphatic carbocycles. The number of aromatic nitrogens is 3. The lowest BCUT2D eigenvalue weighted by molar-refractivity contribution is -0.116. The summed E-state index contributed by atoms with van der Waals surface area (Å²) in [6, 6.07) is 0.263. The first-order valence-corrected chi connectivity index (χ1v) is 9.50. The number of likely N-dealkylation sites (tertiary alicyclic amines) is 1. The smallest absolute Gasteiger partial charge is 0.228 e. The first-order valence-electron chi connectivity index (χ1n) is 8.69. The summed E-state index contributed by atoms with van der Waals surface area (Å²) in [6.07, 6.45) is 2.04. The van der Waals surface area contributed by atoms with Gasteiger partial charge in [-0.25, -0.2) is 4.98 Å². The molecule has 2 aromatic rings. The number of Topliss-reactive ketones (excluding diaryl/α,β-unsaturated/α-hetero) is 1. The maximum absolute atomic E-state index is 14.0. The Balaban J connectivity index is 1.51. The predicted octanol–water partition coefficient (Wildman–Crippen LogP) is 2.67. The van der Waals surface area contributed by atoms with Gasteiger partial charge in [-0.1, -0.05) is 5.16 Å². The maximum Gasteiger partial charge on any atom is 0.228 e. The molecule has 1 fully saturated rings. The number of halogens is 1. The zero-order valence-corrected chi connectivity index (χ0v) is 16.0. The van der Waals surface area contributed by atoms with E-state index < -0.39 is 5.95 Å². The first kappa shape index (κ1) is 19.1. The van der Waals surface area contributed by atoms with Gasteiger partial charge in [-0.2, -0.15) is 9.37 Å². The number of hydrogen-bond donors (Lipinski definition) is 0. The second-order valence-electron chi connectivity index (χ2n) is 6.71. The van der Waals surface area contributed by atoms with E-state index in [1.54, 1.807) is 6.92 Å². The summed E-state index contributed by atoms with van der Waals surface area (Å²) in [6.45, 7) is 7.02. The van der Waals surface area contributed by atoms with Gasteiger partial charge in [-0.05, 0) is 26.7 Å². The number of nitrogens with zero attached hydrogens (tertiary/aromatic N) is 4. The highest BCUT2D eigenvalue weighted by Crippen LogP contribution is 2.26. The van der Waals surface area contributed by atoms with Crippen molar-refractivity contribution >= 4 is 17.1 Å². The predicted molar refractivity (Wildman–Crippen MR) is 93.2 cm³/mol. The second kappa shape index (κ2) is 8.32. The molecular weight excluding hydrogens is 359 g/mol. The van der Waals surface area contributed by atoms with Crippen LogP contribution in [0.15, 0.2) is 4.52 Å². The molecule has 3 rings (SSSR count). The Bertz CT molecular complexity index is 763. The van der Waals surface area contributed by atoms with Crippen molar-refractivity contribution in [2.75, 3.05) is 6.54 Å². The van der Waals surface area contributed by atoms with E-state index in [0.717, 1.165) is 19.4 Å². The summed E-state index contributed by atoms with van der Waals surface area (Å²) in [5.41, 5.74) is 0. The van der Waals surface area contributed by atoms with Crippen LogP contribution >= 0.6 is 11.3 Å². The summed E-state index contributed by atoms with van der Waals surface area (Å²) < 4.78 is 24.9. The molecule has 9 heteroatoms. The van der Waals surface area contributed by atoms with Gasteiger partial charge in [0.25, 0.3) is 0 Å². The van der Waals surface area contributed by atoms with Gasteiger partial charge in [-0.15, -0.1) is 11.3 Å². The highest BCUT2D eigenvalue weighted by molar-refractivity contribution is 7.11. The Labute approximate surface area is 155 Å². The number of carbonyl (C=O) groups is 1. The zero-order chi connectivity index (χ0) is 18.7. The molecule has 0 radical (unpaired) electrons. The van der Waals surface area contributed by atoms with Gasteiger partial charge >= 0.3 is 0 Å².